The number of hydrogen-bond acceptors (Lipinski definition) is 2. The molecule has 1 N–H and O–H groups in total. The summed E-state index contributed by atoms with van der Waals surface area (Å²) >= 11 is 3.56. The van der Waals surface area contributed by atoms with Crippen LogP contribution in [0.25, 0.3) is 0 Å². The fraction of sp³-hybridized carbons (Fsp3) is 0.625. The molecule has 2 atom stereocenters. The Balaban J connectivity index is 1.99. The van der Waals surface area contributed by atoms with Crippen molar-refractivity contribution in [3.8, 4) is 0 Å². The number of benzene rings is 1. The molecule has 0 bridgehead atoms. The quantitative estimate of drug-likeness (QED) is 0.880. The van der Waals surface area contributed by atoms with Gasteiger partial charge < -0.3 is 10.1 Å². The van der Waals surface area contributed by atoms with Crippen LogP contribution in [0.2, 0.25) is 0 Å². The Morgan fingerprint density at radius 1 is 1.42 bits per heavy atom. The zero-order chi connectivity index (χ0) is 13.8. The SMILES string of the molecule is Cc1cc(C2OCCC2CNCC(C)C)ccc1Br. The predicted octanol–water partition coefficient (Wildman–Crippen LogP) is 4.08. The minimum atomic E-state index is 0.256. The average molecular weight is 326 g/mol. The lowest BCUT2D eigenvalue weighted by molar-refractivity contribution is 0.0903. The highest BCUT2D eigenvalue weighted by molar-refractivity contribution is 9.10. The largest absolute Gasteiger partial charge is 0.373 e. The van der Waals surface area contributed by atoms with Crippen LogP contribution in [-0.4, -0.2) is 19.7 Å². The molecule has 1 aromatic rings. The van der Waals surface area contributed by atoms with Gasteiger partial charge in [0.05, 0.1) is 6.10 Å². The molecule has 1 aliphatic heterocycles. The topological polar surface area (TPSA) is 21.3 Å². The van der Waals surface area contributed by atoms with Crippen molar-refractivity contribution >= 4 is 15.9 Å². The molecular weight excluding hydrogens is 302 g/mol. The molecule has 0 aromatic heterocycles. The van der Waals surface area contributed by atoms with E-state index in [4.69, 9.17) is 4.74 Å². The Kier molecular flexibility index (Phi) is 5.43. The number of hydrogen-bond donors (Lipinski definition) is 1. The van der Waals surface area contributed by atoms with E-state index in [1.54, 1.807) is 0 Å². The fourth-order valence-corrected chi connectivity index (χ4v) is 2.86. The predicted molar refractivity (Wildman–Crippen MR) is 83.4 cm³/mol. The third-order valence-electron chi connectivity index (χ3n) is 3.68. The lowest BCUT2D eigenvalue weighted by atomic mass is 9.94. The van der Waals surface area contributed by atoms with Gasteiger partial charge in [-0.2, -0.15) is 0 Å². The summed E-state index contributed by atoms with van der Waals surface area (Å²) in [6, 6.07) is 6.56. The van der Waals surface area contributed by atoms with Crippen LogP contribution >= 0.6 is 15.9 Å². The molecule has 1 aliphatic rings. The molecule has 2 rings (SSSR count). The molecule has 1 aromatic carbocycles. The zero-order valence-corrected chi connectivity index (χ0v) is 13.7. The van der Waals surface area contributed by atoms with Crippen LogP contribution < -0.4 is 5.32 Å². The maximum absolute atomic E-state index is 5.95. The van der Waals surface area contributed by atoms with Crippen LogP contribution in [0.4, 0.5) is 0 Å². The molecule has 2 nitrogen and oxygen atoms in total. The van der Waals surface area contributed by atoms with Gasteiger partial charge in [-0.05, 0) is 43.0 Å². The van der Waals surface area contributed by atoms with E-state index in [0.29, 0.717) is 11.8 Å². The first-order valence-electron chi connectivity index (χ1n) is 7.16. The number of ether oxygens (including phenoxy) is 1. The summed E-state index contributed by atoms with van der Waals surface area (Å²) in [5, 5.41) is 3.56. The lowest BCUT2D eigenvalue weighted by Gasteiger charge is -2.20. The zero-order valence-electron chi connectivity index (χ0n) is 12.1. The summed E-state index contributed by atoms with van der Waals surface area (Å²) in [7, 11) is 0. The Labute approximate surface area is 125 Å². The second-order valence-electron chi connectivity index (χ2n) is 5.90. The normalized spacial score (nSPS) is 23.2. The first kappa shape index (κ1) is 15.0. The van der Waals surface area contributed by atoms with Crippen LogP contribution in [0.5, 0.6) is 0 Å². The highest BCUT2D eigenvalue weighted by atomic mass is 79.9. The van der Waals surface area contributed by atoms with Gasteiger partial charge in [0.25, 0.3) is 0 Å². The van der Waals surface area contributed by atoms with Crippen molar-refractivity contribution < 1.29 is 4.74 Å². The number of halogens is 1. The summed E-state index contributed by atoms with van der Waals surface area (Å²) in [6.07, 6.45) is 1.41. The average Bonchev–Trinajstić information content (AvgIpc) is 2.80. The van der Waals surface area contributed by atoms with Crippen LogP contribution in [-0.2, 0) is 4.74 Å². The fourth-order valence-electron chi connectivity index (χ4n) is 2.61. The molecule has 0 amide bonds. The van der Waals surface area contributed by atoms with E-state index in [2.05, 4.69) is 60.2 Å². The van der Waals surface area contributed by atoms with Crippen molar-refractivity contribution in [1.29, 1.82) is 0 Å². The van der Waals surface area contributed by atoms with E-state index >= 15 is 0 Å². The smallest absolute Gasteiger partial charge is 0.0866 e. The van der Waals surface area contributed by atoms with Crippen molar-refractivity contribution in [3.05, 3.63) is 33.8 Å². The van der Waals surface area contributed by atoms with Gasteiger partial charge >= 0.3 is 0 Å². The van der Waals surface area contributed by atoms with Gasteiger partial charge in [0.15, 0.2) is 0 Å². The van der Waals surface area contributed by atoms with Gasteiger partial charge in [0.2, 0.25) is 0 Å². The molecule has 1 fully saturated rings. The third-order valence-corrected chi connectivity index (χ3v) is 4.57. The van der Waals surface area contributed by atoms with Crippen molar-refractivity contribution in [1.82, 2.24) is 5.32 Å². The minimum absolute atomic E-state index is 0.256. The number of rotatable bonds is 5. The van der Waals surface area contributed by atoms with Crippen molar-refractivity contribution in [2.75, 3.05) is 19.7 Å². The van der Waals surface area contributed by atoms with Gasteiger partial charge in [-0.25, -0.2) is 0 Å². The van der Waals surface area contributed by atoms with Crippen molar-refractivity contribution in [2.45, 2.75) is 33.3 Å². The maximum atomic E-state index is 5.95. The molecule has 0 radical (unpaired) electrons. The summed E-state index contributed by atoms with van der Waals surface area (Å²) in [5.41, 5.74) is 2.59. The van der Waals surface area contributed by atoms with E-state index in [1.807, 2.05) is 0 Å². The molecule has 1 saturated heterocycles. The van der Waals surface area contributed by atoms with Crippen LogP contribution in [0, 0.1) is 18.8 Å². The molecule has 19 heavy (non-hydrogen) atoms. The van der Waals surface area contributed by atoms with Crippen molar-refractivity contribution in [2.24, 2.45) is 11.8 Å². The molecule has 0 spiro atoms. The molecule has 0 saturated carbocycles. The van der Waals surface area contributed by atoms with Gasteiger partial charge in [0, 0.05) is 23.5 Å². The summed E-state index contributed by atoms with van der Waals surface area (Å²) in [5.74, 6) is 1.30. The number of nitrogens with one attached hydrogen (secondary N) is 1. The molecule has 3 heteroatoms. The highest BCUT2D eigenvalue weighted by Crippen LogP contribution is 2.35. The maximum Gasteiger partial charge on any atom is 0.0866 e. The van der Waals surface area contributed by atoms with Gasteiger partial charge in [-0.1, -0.05) is 41.9 Å². The summed E-state index contributed by atoms with van der Waals surface area (Å²) in [6.45, 7) is 9.64. The van der Waals surface area contributed by atoms with E-state index in [0.717, 1.165) is 26.1 Å². The summed E-state index contributed by atoms with van der Waals surface area (Å²) in [4.78, 5) is 0. The second kappa shape index (κ2) is 6.87. The molecular formula is C16H24BrNO. The van der Waals surface area contributed by atoms with Crippen LogP contribution in [0.15, 0.2) is 22.7 Å². The minimum Gasteiger partial charge on any atom is -0.373 e. The van der Waals surface area contributed by atoms with Crippen LogP contribution in [0.3, 0.4) is 0 Å². The van der Waals surface area contributed by atoms with Crippen molar-refractivity contribution in [3.63, 3.8) is 0 Å². The Morgan fingerprint density at radius 2 is 2.21 bits per heavy atom. The molecule has 1 heterocycles. The molecule has 106 valence electrons. The van der Waals surface area contributed by atoms with Gasteiger partial charge in [-0.15, -0.1) is 0 Å². The third kappa shape index (κ3) is 4.04. The Morgan fingerprint density at radius 3 is 2.89 bits per heavy atom. The Hall–Kier alpha value is -0.380. The summed E-state index contributed by atoms with van der Waals surface area (Å²) < 4.78 is 7.12. The van der Waals surface area contributed by atoms with Gasteiger partial charge in [0.1, 0.15) is 0 Å². The monoisotopic (exact) mass is 325 g/mol. The van der Waals surface area contributed by atoms with E-state index in [9.17, 15) is 0 Å². The van der Waals surface area contributed by atoms with Crippen LogP contribution in [0.1, 0.15) is 37.5 Å². The molecule has 0 aliphatic carbocycles. The Bertz CT molecular complexity index is 419. The standard InChI is InChI=1S/C16H24BrNO/c1-11(2)9-18-10-14-6-7-19-16(14)13-4-5-15(17)12(3)8-13/h4-5,8,11,14,16,18H,6-7,9-10H2,1-3H3. The van der Waals surface area contributed by atoms with E-state index < -0.39 is 0 Å². The second-order valence-corrected chi connectivity index (χ2v) is 6.76. The molecule has 2 unspecified atom stereocenters. The van der Waals surface area contributed by atoms with Gasteiger partial charge in [-0.3, -0.25) is 0 Å². The van der Waals surface area contributed by atoms with E-state index in [1.165, 1.54) is 15.6 Å². The first-order chi connectivity index (χ1) is 9.08. The number of aryl methyl sites for hydroxylation is 1. The van der Waals surface area contributed by atoms with E-state index in [-0.39, 0.29) is 6.10 Å². The first-order valence-corrected chi connectivity index (χ1v) is 7.95. The lowest BCUT2D eigenvalue weighted by Crippen LogP contribution is -2.28. The highest BCUT2D eigenvalue weighted by Gasteiger charge is 2.29.